The molecule has 0 spiro atoms. The van der Waals surface area contributed by atoms with Crippen molar-refractivity contribution in [2.75, 3.05) is 0 Å². The zero-order valence-electron chi connectivity index (χ0n) is 22.2. The lowest BCUT2D eigenvalue weighted by atomic mass is 10.0. The van der Waals surface area contributed by atoms with Crippen molar-refractivity contribution in [2.45, 2.75) is 0 Å². The highest BCUT2D eigenvalue weighted by atomic mass is 31.2. The molecule has 0 saturated carbocycles. The van der Waals surface area contributed by atoms with Gasteiger partial charge in [0, 0.05) is 37.9 Å². The van der Waals surface area contributed by atoms with Crippen LogP contribution in [-0.4, -0.2) is 4.57 Å². The molecule has 1 aliphatic rings. The highest BCUT2D eigenvalue weighted by Gasteiger charge is 2.41. The molecule has 0 radical (unpaired) electrons. The average Bonchev–Trinajstić information content (AvgIpc) is 3.52. The maximum absolute atomic E-state index is 15.3. The Morgan fingerprint density at radius 2 is 1.17 bits per heavy atom. The fraction of sp³-hybridized carbons (Fsp3) is 0. The first-order valence-corrected chi connectivity index (χ1v) is 15.7. The van der Waals surface area contributed by atoms with Gasteiger partial charge in [-0.3, -0.25) is 0 Å². The fourth-order valence-corrected chi connectivity index (χ4v) is 10.0. The van der Waals surface area contributed by atoms with Gasteiger partial charge in [0.1, 0.15) is 0 Å². The Labute approximate surface area is 237 Å². The van der Waals surface area contributed by atoms with Crippen LogP contribution in [0.15, 0.2) is 146 Å². The lowest BCUT2D eigenvalue weighted by Crippen LogP contribution is -2.20. The molecule has 0 aliphatic carbocycles. The van der Waals surface area contributed by atoms with E-state index in [0.29, 0.717) is 0 Å². The summed E-state index contributed by atoms with van der Waals surface area (Å²) in [6.07, 6.45) is 0. The summed E-state index contributed by atoms with van der Waals surface area (Å²) < 4.78 is 17.6. The molecule has 1 unspecified atom stereocenters. The van der Waals surface area contributed by atoms with Gasteiger partial charge in [-0.2, -0.15) is 0 Å². The van der Waals surface area contributed by atoms with Crippen molar-refractivity contribution in [1.82, 2.24) is 4.57 Å². The molecule has 1 aliphatic heterocycles. The highest BCUT2D eigenvalue weighted by molar-refractivity contribution is 7.86. The largest absolute Gasteiger partial charge is 0.309 e. The van der Waals surface area contributed by atoms with Crippen molar-refractivity contribution < 1.29 is 4.57 Å². The zero-order chi connectivity index (χ0) is 27.1. The van der Waals surface area contributed by atoms with Crippen LogP contribution in [-0.2, 0) is 4.57 Å². The van der Waals surface area contributed by atoms with Crippen LogP contribution in [0.5, 0.6) is 0 Å². The summed E-state index contributed by atoms with van der Waals surface area (Å²) in [7, 11) is -3.04. The monoisotopic (exact) mass is 541 g/mol. The zero-order valence-corrected chi connectivity index (χ0v) is 23.1. The summed E-state index contributed by atoms with van der Waals surface area (Å²) in [5.74, 6) is 0. The fourth-order valence-electron chi connectivity index (χ4n) is 6.99. The molecule has 9 rings (SSSR count). The van der Waals surface area contributed by atoms with E-state index < -0.39 is 7.14 Å². The number of hydrogen-bond donors (Lipinski definition) is 0. The summed E-state index contributed by atoms with van der Waals surface area (Å²) >= 11 is 0. The first-order chi connectivity index (χ1) is 20.2. The molecular formula is C38H24NOP. The molecule has 2 nitrogen and oxygen atoms in total. The van der Waals surface area contributed by atoms with Crippen LogP contribution in [0.4, 0.5) is 0 Å². The van der Waals surface area contributed by atoms with Crippen LogP contribution in [0.3, 0.4) is 0 Å². The van der Waals surface area contributed by atoms with Gasteiger partial charge in [0.2, 0.25) is 0 Å². The number of aromatic nitrogens is 1. The number of nitrogens with zero attached hydrogens (tertiary/aromatic N) is 1. The second-order valence-corrected chi connectivity index (χ2v) is 13.6. The van der Waals surface area contributed by atoms with Gasteiger partial charge in [0.25, 0.3) is 0 Å². The predicted molar refractivity (Wildman–Crippen MR) is 174 cm³/mol. The molecule has 0 N–H and O–H groups in total. The molecule has 0 amide bonds. The molecule has 1 atom stereocenters. The number of benzene rings is 7. The van der Waals surface area contributed by atoms with Gasteiger partial charge in [-0.05, 0) is 51.4 Å². The standard InChI is InChI=1S/C38H24NOP/c40-41(28-11-2-1-3-12-28)35-17-9-7-15-33(35)37-36(41)23-22-32-31-14-6-8-16-34(31)39(38(32)37)27-20-21-30-26(24-27)19-18-25-10-4-5-13-29(25)30/h1-24H. The first kappa shape index (κ1) is 22.9. The van der Waals surface area contributed by atoms with E-state index in [1.807, 2.05) is 36.4 Å². The minimum absolute atomic E-state index is 0.880. The van der Waals surface area contributed by atoms with E-state index in [-0.39, 0.29) is 0 Å². The smallest absolute Gasteiger partial charge is 0.172 e. The molecule has 0 saturated heterocycles. The maximum atomic E-state index is 15.3. The number of rotatable bonds is 2. The van der Waals surface area contributed by atoms with E-state index in [4.69, 9.17) is 0 Å². The summed E-state index contributed by atoms with van der Waals surface area (Å²) in [5.41, 5.74) is 5.52. The Hall–Kier alpha value is -4.91. The van der Waals surface area contributed by atoms with Crippen LogP contribution in [0.25, 0.3) is 60.2 Å². The highest BCUT2D eigenvalue weighted by Crippen LogP contribution is 2.54. The summed E-state index contributed by atoms with van der Waals surface area (Å²) in [6, 6.07) is 51.0. The molecule has 7 aromatic carbocycles. The SMILES string of the molecule is O=P1(c2ccccc2)c2ccccc2-c2c1ccc1c3ccccc3n(-c3ccc4c(ccc5ccccc54)c3)c21. The van der Waals surface area contributed by atoms with E-state index in [9.17, 15) is 0 Å². The summed E-state index contributed by atoms with van der Waals surface area (Å²) in [5, 5.41) is 10.1. The molecule has 192 valence electrons. The van der Waals surface area contributed by atoms with E-state index in [1.54, 1.807) is 0 Å². The van der Waals surface area contributed by atoms with Gasteiger partial charge in [-0.15, -0.1) is 0 Å². The van der Waals surface area contributed by atoms with Crippen LogP contribution < -0.4 is 15.9 Å². The molecule has 0 bridgehead atoms. The third kappa shape index (κ3) is 3.00. The van der Waals surface area contributed by atoms with Crippen molar-refractivity contribution in [3.8, 4) is 16.8 Å². The van der Waals surface area contributed by atoms with Crippen LogP contribution in [0, 0.1) is 0 Å². The van der Waals surface area contributed by atoms with E-state index in [0.717, 1.165) is 43.8 Å². The minimum Gasteiger partial charge on any atom is -0.309 e. The van der Waals surface area contributed by atoms with Gasteiger partial charge < -0.3 is 9.13 Å². The van der Waals surface area contributed by atoms with Crippen LogP contribution >= 0.6 is 7.14 Å². The average molecular weight is 542 g/mol. The van der Waals surface area contributed by atoms with Crippen molar-refractivity contribution in [2.24, 2.45) is 0 Å². The van der Waals surface area contributed by atoms with Crippen molar-refractivity contribution in [1.29, 1.82) is 0 Å². The predicted octanol–water partition coefficient (Wildman–Crippen LogP) is 8.71. The third-order valence-corrected chi connectivity index (χ3v) is 11.9. The van der Waals surface area contributed by atoms with Crippen molar-refractivity contribution in [3.63, 3.8) is 0 Å². The number of para-hydroxylation sites is 1. The molecule has 8 aromatic rings. The summed E-state index contributed by atoms with van der Waals surface area (Å²) in [4.78, 5) is 0. The Balaban J connectivity index is 1.43. The van der Waals surface area contributed by atoms with E-state index >= 15 is 4.57 Å². The second kappa shape index (κ2) is 8.30. The Kier molecular flexibility index (Phi) is 4.63. The van der Waals surface area contributed by atoms with Crippen LogP contribution in [0.1, 0.15) is 0 Å². The van der Waals surface area contributed by atoms with Gasteiger partial charge in [-0.25, -0.2) is 0 Å². The van der Waals surface area contributed by atoms with Gasteiger partial charge in [0.15, 0.2) is 7.14 Å². The lowest BCUT2D eigenvalue weighted by Gasteiger charge is -2.16. The normalized spacial score (nSPS) is 16.0. The number of fused-ring (bicyclic) bond motifs is 10. The quantitative estimate of drug-likeness (QED) is 0.158. The van der Waals surface area contributed by atoms with Gasteiger partial charge in [0.05, 0.1) is 11.0 Å². The summed E-state index contributed by atoms with van der Waals surface area (Å²) in [6.45, 7) is 0. The molecule has 1 aromatic heterocycles. The van der Waals surface area contributed by atoms with Crippen molar-refractivity contribution >= 4 is 66.4 Å². The van der Waals surface area contributed by atoms with Crippen LogP contribution in [0.2, 0.25) is 0 Å². The third-order valence-electron chi connectivity index (χ3n) is 8.77. The minimum atomic E-state index is -3.04. The Morgan fingerprint density at radius 3 is 2.07 bits per heavy atom. The maximum Gasteiger partial charge on any atom is 0.172 e. The Bertz CT molecular complexity index is 2400. The van der Waals surface area contributed by atoms with Gasteiger partial charge in [-0.1, -0.05) is 121 Å². The molecular weight excluding hydrogens is 517 g/mol. The molecule has 0 fully saturated rings. The Morgan fingerprint density at radius 1 is 0.488 bits per heavy atom. The topological polar surface area (TPSA) is 22.0 Å². The molecule has 2 heterocycles. The van der Waals surface area contributed by atoms with Crippen molar-refractivity contribution in [3.05, 3.63) is 146 Å². The second-order valence-electron chi connectivity index (χ2n) is 10.9. The van der Waals surface area contributed by atoms with Gasteiger partial charge >= 0.3 is 0 Å². The molecule has 3 heteroatoms. The first-order valence-electron chi connectivity index (χ1n) is 14.0. The number of hydrogen-bond acceptors (Lipinski definition) is 1. The van der Waals surface area contributed by atoms with E-state index in [2.05, 4.69) is 114 Å². The lowest BCUT2D eigenvalue weighted by molar-refractivity contribution is 0.593. The molecule has 41 heavy (non-hydrogen) atoms. The van der Waals surface area contributed by atoms with E-state index in [1.165, 1.54) is 32.3 Å².